The molecule has 0 saturated heterocycles. The maximum absolute atomic E-state index is 12.4. The molecular formula is C20H26O4. The molecule has 1 aliphatic carbocycles. The monoisotopic (exact) mass is 330 g/mol. The molecule has 1 saturated carbocycles. The quantitative estimate of drug-likeness (QED) is 0.766. The fraction of sp³-hybridized carbons (Fsp3) is 0.500. The molecule has 4 heteroatoms. The minimum atomic E-state index is -0.615. The molecule has 24 heavy (non-hydrogen) atoms. The van der Waals surface area contributed by atoms with Gasteiger partial charge in [-0.2, -0.15) is 0 Å². The molecule has 0 aliphatic heterocycles. The highest BCUT2D eigenvalue weighted by atomic mass is 16.5. The number of esters is 2. The summed E-state index contributed by atoms with van der Waals surface area (Å²) in [7, 11) is 2.84. The standard InChI is InChI=1S/C20H26O4/c1-14(18(21)23-3)13-16(15-9-6-5-7-10-15)17-11-8-12-20(17,2)19(22)24-4/h5-7,9-10,14H,8,11-13H2,1-4H3/b17-16+. The molecule has 2 unspecified atom stereocenters. The van der Waals surface area contributed by atoms with Crippen molar-refractivity contribution >= 4 is 17.5 Å². The molecule has 2 atom stereocenters. The van der Waals surface area contributed by atoms with Gasteiger partial charge in [0.05, 0.1) is 25.6 Å². The average Bonchev–Trinajstić information content (AvgIpc) is 3.01. The first-order valence-electron chi connectivity index (χ1n) is 8.38. The van der Waals surface area contributed by atoms with Crippen LogP contribution in [-0.2, 0) is 19.1 Å². The first kappa shape index (κ1) is 18.2. The Morgan fingerprint density at radius 2 is 1.83 bits per heavy atom. The third-order valence-corrected chi connectivity index (χ3v) is 5.01. The molecule has 1 aliphatic rings. The normalized spacial score (nSPS) is 23.5. The summed E-state index contributed by atoms with van der Waals surface area (Å²) < 4.78 is 9.94. The second kappa shape index (κ2) is 7.65. The smallest absolute Gasteiger partial charge is 0.315 e. The molecule has 0 bridgehead atoms. The Hall–Kier alpha value is -2.10. The van der Waals surface area contributed by atoms with Crippen LogP contribution in [-0.4, -0.2) is 26.2 Å². The van der Waals surface area contributed by atoms with Crippen molar-refractivity contribution in [1.29, 1.82) is 0 Å². The van der Waals surface area contributed by atoms with E-state index in [0.717, 1.165) is 36.0 Å². The number of methoxy groups -OCH3 is 2. The minimum Gasteiger partial charge on any atom is -0.469 e. The summed E-state index contributed by atoms with van der Waals surface area (Å²) in [6.45, 7) is 3.81. The Morgan fingerprint density at radius 3 is 2.42 bits per heavy atom. The van der Waals surface area contributed by atoms with E-state index in [1.807, 2.05) is 44.2 Å². The van der Waals surface area contributed by atoms with Gasteiger partial charge in [0.2, 0.25) is 0 Å². The molecule has 0 heterocycles. The predicted molar refractivity (Wildman–Crippen MR) is 93.1 cm³/mol. The summed E-state index contributed by atoms with van der Waals surface area (Å²) in [6, 6.07) is 9.97. The number of carbonyl (C=O) groups is 2. The lowest BCUT2D eigenvalue weighted by molar-refractivity contribution is -0.149. The van der Waals surface area contributed by atoms with Crippen LogP contribution in [0, 0.1) is 11.3 Å². The Balaban J connectivity index is 2.52. The van der Waals surface area contributed by atoms with Crippen molar-refractivity contribution in [3.8, 4) is 0 Å². The van der Waals surface area contributed by atoms with E-state index in [2.05, 4.69) is 0 Å². The predicted octanol–water partition coefficient (Wildman–Crippen LogP) is 4.00. The van der Waals surface area contributed by atoms with Crippen LogP contribution in [0.4, 0.5) is 0 Å². The fourth-order valence-electron chi connectivity index (χ4n) is 3.63. The van der Waals surface area contributed by atoms with Gasteiger partial charge in [-0.1, -0.05) is 37.3 Å². The van der Waals surface area contributed by atoms with E-state index in [0.29, 0.717) is 6.42 Å². The number of hydrogen-bond donors (Lipinski definition) is 0. The molecule has 1 fully saturated rings. The van der Waals surface area contributed by atoms with Gasteiger partial charge >= 0.3 is 11.9 Å². The van der Waals surface area contributed by atoms with Crippen LogP contribution in [0.15, 0.2) is 35.9 Å². The molecule has 130 valence electrons. The zero-order valence-corrected chi connectivity index (χ0v) is 14.9. The van der Waals surface area contributed by atoms with Gasteiger partial charge in [-0.15, -0.1) is 0 Å². The highest BCUT2D eigenvalue weighted by Gasteiger charge is 2.43. The van der Waals surface area contributed by atoms with Crippen LogP contribution in [0.5, 0.6) is 0 Å². The number of allylic oxidation sites excluding steroid dienone is 1. The fourth-order valence-corrected chi connectivity index (χ4v) is 3.63. The molecular weight excluding hydrogens is 304 g/mol. The lowest BCUT2D eigenvalue weighted by atomic mass is 9.78. The van der Waals surface area contributed by atoms with Crippen LogP contribution in [0.2, 0.25) is 0 Å². The third-order valence-electron chi connectivity index (χ3n) is 5.01. The van der Waals surface area contributed by atoms with Crippen LogP contribution >= 0.6 is 0 Å². The van der Waals surface area contributed by atoms with E-state index in [1.54, 1.807) is 0 Å². The Labute approximate surface area is 143 Å². The van der Waals surface area contributed by atoms with E-state index in [4.69, 9.17) is 9.47 Å². The molecule has 1 aromatic rings. The van der Waals surface area contributed by atoms with Gasteiger partial charge in [0, 0.05) is 0 Å². The molecule has 0 radical (unpaired) electrons. The Morgan fingerprint density at radius 1 is 1.17 bits per heavy atom. The molecule has 4 nitrogen and oxygen atoms in total. The largest absolute Gasteiger partial charge is 0.469 e. The second-order valence-electron chi connectivity index (χ2n) is 6.63. The van der Waals surface area contributed by atoms with Crippen molar-refractivity contribution in [2.24, 2.45) is 11.3 Å². The summed E-state index contributed by atoms with van der Waals surface area (Å²) in [5.74, 6) is -0.698. The number of hydrogen-bond acceptors (Lipinski definition) is 4. The summed E-state index contributed by atoms with van der Waals surface area (Å²) in [5.41, 5.74) is 2.60. The van der Waals surface area contributed by atoms with Crippen molar-refractivity contribution in [1.82, 2.24) is 0 Å². The zero-order valence-electron chi connectivity index (χ0n) is 14.9. The SMILES string of the molecule is COC(=O)C(C)C/C(=C1/CCCC1(C)C(=O)OC)c1ccccc1. The summed E-state index contributed by atoms with van der Waals surface area (Å²) >= 11 is 0. The van der Waals surface area contributed by atoms with Crippen LogP contribution in [0.1, 0.15) is 45.1 Å². The van der Waals surface area contributed by atoms with Crippen molar-refractivity contribution < 1.29 is 19.1 Å². The third kappa shape index (κ3) is 3.53. The van der Waals surface area contributed by atoms with Gasteiger partial charge in [-0.3, -0.25) is 9.59 Å². The van der Waals surface area contributed by atoms with Crippen LogP contribution in [0.3, 0.4) is 0 Å². The van der Waals surface area contributed by atoms with Gasteiger partial charge in [-0.25, -0.2) is 0 Å². The first-order chi connectivity index (χ1) is 11.4. The number of benzene rings is 1. The van der Waals surface area contributed by atoms with E-state index in [9.17, 15) is 9.59 Å². The van der Waals surface area contributed by atoms with Crippen molar-refractivity contribution in [2.45, 2.75) is 39.5 Å². The number of ether oxygens (including phenoxy) is 2. The zero-order chi connectivity index (χ0) is 17.7. The summed E-state index contributed by atoms with van der Waals surface area (Å²) in [6.07, 6.45) is 3.13. The topological polar surface area (TPSA) is 52.6 Å². The van der Waals surface area contributed by atoms with E-state index < -0.39 is 5.41 Å². The molecule has 0 N–H and O–H groups in total. The minimum absolute atomic E-state index is 0.200. The molecule has 0 spiro atoms. The molecule has 1 aromatic carbocycles. The molecule has 0 amide bonds. The highest BCUT2D eigenvalue weighted by Crippen LogP contribution is 2.48. The van der Waals surface area contributed by atoms with Gasteiger partial charge in [0.1, 0.15) is 0 Å². The number of rotatable bonds is 5. The Kier molecular flexibility index (Phi) is 5.81. The summed E-state index contributed by atoms with van der Waals surface area (Å²) in [4.78, 5) is 24.3. The maximum Gasteiger partial charge on any atom is 0.315 e. The lowest BCUT2D eigenvalue weighted by Gasteiger charge is -2.27. The van der Waals surface area contributed by atoms with E-state index >= 15 is 0 Å². The molecule has 0 aromatic heterocycles. The van der Waals surface area contributed by atoms with Gasteiger partial charge < -0.3 is 9.47 Å². The average molecular weight is 330 g/mol. The van der Waals surface area contributed by atoms with E-state index in [-0.39, 0.29) is 17.9 Å². The van der Waals surface area contributed by atoms with Crippen LogP contribution < -0.4 is 0 Å². The van der Waals surface area contributed by atoms with Gasteiger partial charge in [0.15, 0.2) is 0 Å². The lowest BCUT2D eigenvalue weighted by Crippen LogP contribution is -2.28. The van der Waals surface area contributed by atoms with Gasteiger partial charge in [-0.05, 0) is 49.3 Å². The first-order valence-corrected chi connectivity index (χ1v) is 8.38. The summed E-state index contributed by atoms with van der Waals surface area (Å²) in [5, 5.41) is 0. The highest BCUT2D eigenvalue weighted by molar-refractivity contribution is 5.86. The van der Waals surface area contributed by atoms with Crippen molar-refractivity contribution in [3.05, 3.63) is 41.5 Å². The maximum atomic E-state index is 12.4. The molecule has 2 rings (SSSR count). The van der Waals surface area contributed by atoms with Crippen LogP contribution in [0.25, 0.3) is 5.57 Å². The van der Waals surface area contributed by atoms with Gasteiger partial charge in [0.25, 0.3) is 0 Å². The van der Waals surface area contributed by atoms with Crippen molar-refractivity contribution in [2.75, 3.05) is 14.2 Å². The van der Waals surface area contributed by atoms with Crippen molar-refractivity contribution in [3.63, 3.8) is 0 Å². The van der Waals surface area contributed by atoms with E-state index in [1.165, 1.54) is 14.2 Å². The number of carbonyl (C=O) groups excluding carboxylic acids is 2. The Bertz CT molecular complexity index is 632. The second-order valence-corrected chi connectivity index (χ2v) is 6.63.